The first kappa shape index (κ1) is 19.7. The van der Waals surface area contributed by atoms with Gasteiger partial charge in [-0.1, -0.05) is 36.4 Å². The number of carbonyl (C=O) groups excluding carboxylic acids is 2. The van der Waals surface area contributed by atoms with E-state index in [-0.39, 0.29) is 0 Å². The number of para-hydroxylation sites is 2. The third kappa shape index (κ3) is 3.42. The van der Waals surface area contributed by atoms with E-state index in [2.05, 4.69) is 15.3 Å². The normalized spacial score (nSPS) is 13.3. The molecule has 154 valence electrons. The maximum Gasteiger partial charge on any atom is 0.273 e. The fourth-order valence-electron chi connectivity index (χ4n) is 3.60. The maximum atomic E-state index is 13.1. The lowest BCUT2D eigenvalue weighted by Gasteiger charge is -2.24. The summed E-state index contributed by atoms with van der Waals surface area (Å²) in [6, 6.07) is 13.2. The van der Waals surface area contributed by atoms with Gasteiger partial charge in [0.15, 0.2) is 0 Å². The number of hydrogen-bond acceptors (Lipinski definition) is 4. The Kier molecular flexibility index (Phi) is 5.26. The van der Waals surface area contributed by atoms with Gasteiger partial charge in [-0.3, -0.25) is 14.4 Å². The van der Waals surface area contributed by atoms with Crippen LogP contribution in [0, 0.1) is 0 Å². The fourth-order valence-corrected chi connectivity index (χ4v) is 3.60. The number of fused-ring (bicyclic) bond motifs is 2. The summed E-state index contributed by atoms with van der Waals surface area (Å²) >= 11 is 0. The van der Waals surface area contributed by atoms with Gasteiger partial charge in [-0.2, -0.15) is 0 Å². The van der Waals surface area contributed by atoms with Crippen molar-refractivity contribution in [2.75, 3.05) is 14.2 Å². The minimum absolute atomic E-state index is 0.415. The van der Waals surface area contributed by atoms with Crippen molar-refractivity contribution in [2.24, 2.45) is 5.73 Å². The van der Waals surface area contributed by atoms with Gasteiger partial charge in [0, 0.05) is 52.4 Å². The average Bonchev–Trinajstić information content (AvgIpc) is 3.40. The lowest BCUT2D eigenvalue weighted by Crippen LogP contribution is -2.44. The number of H-pyrrole nitrogens is 2. The Labute approximate surface area is 173 Å². The first-order chi connectivity index (χ1) is 14.5. The molecule has 2 unspecified atom stereocenters. The van der Waals surface area contributed by atoms with Crippen LogP contribution in [0.4, 0.5) is 0 Å². The number of amides is 2. The Bertz CT molecular complexity index is 1210. The Hall–Kier alpha value is -3.62. The van der Waals surface area contributed by atoms with E-state index in [0.717, 1.165) is 26.9 Å². The molecule has 0 radical (unpaired) electrons. The molecule has 0 saturated carbocycles. The number of rotatable bonds is 6. The van der Waals surface area contributed by atoms with Gasteiger partial charge in [0.05, 0.1) is 7.11 Å². The van der Waals surface area contributed by atoms with Crippen molar-refractivity contribution >= 4 is 33.6 Å². The zero-order valence-corrected chi connectivity index (χ0v) is 16.7. The number of nitrogens with one attached hydrogen (secondary N) is 3. The van der Waals surface area contributed by atoms with Crippen LogP contribution in [0.5, 0.6) is 0 Å². The van der Waals surface area contributed by atoms with Crippen molar-refractivity contribution in [2.45, 2.75) is 12.1 Å². The van der Waals surface area contributed by atoms with Gasteiger partial charge < -0.3 is 21.0 Å². The predicted molar refractivity (Wildman–Crippen MR) is 114 cm³/mol. The van der Waals surface area contributed by atoms with Crippen molar-refractivity contribution < 1.29 is 14.4 Å². The number of likely N-dealkylation sites (N-methyl/N-ethyl adjacent to an activating group) is 1. The fraction of sp³-hybridized carbons (Fsp3) is 0.182. The molecule has 2 heterocycles. The zero-order valence-electron chi connectivity index (χ0n) is 16.7. The van der Waals surface area contributed by atoms with Gasteiger partial charge in [0.25, 0.3) is 5.91 Å². The summed E-state index contributed by atoms with van der Waals surface area (Å²) in [6.45, 7) is 0. The van der Waals surface area contributed by atoms with E-state index in [4.69, 9.17) is 10.6 Å². The molecular weight excluding hydrogens is 382 g/mol. The van der Waals surface area contributed by atoms with Crippen LogP contribution in [0.2, 0.25) is 0 Å². The van der Waals surface area contributed by atoms with Gasteiger partial charge in [0.1, 0.15) is 12.1 Å². The largest absolute Gasteiger partial charge is 0.361 e. The molecule has 0 saturated heterocycles. The number of carbonyl (C=O) groups is 2. The molecule has 0 aliphatic heterocycles. The molecule has 4 rings (SSSR count). The third-order valence-corrected chi connectivity index (χ3v) is 5.29. The molecule has 5 N–H and O–H groups in total. The highest BCUT2D eigenvalue weighted by atomic mass is 16.7. The number of nitrogens with two attached hydrogens (primary N) is 1. The molecule has 8 heteroatoms. The van der Waals surface area contributed by atoms with Gasteiger partial charge in [-0.25, -0.2) is 5.06 Å². The van der Waals surface area contributed by atoms with Crippen LogP contribution >= 0.6 is 0 Å². The number of benzene rings is 2. The minimum atomic E-state index is -0.963. The molecule has 2 aromatic carbocycles. The minimum Gasteiger partial charge on any atom is -0.361 e. The van der Waals surface area contributed by atoms with Crippen LogP contribution in [-0.2, 0) is 14.4 Å². The highest BCUT2D eigenvalue weighted by Crippen LogP contribution is 2.27. The van der Waals surface area contributed by atoms with Gasteiger partial charge in [0.2, 0.25) is 5.91 Å². The predicted octanol–water partition coefficient (Wildman–Crippen LogP) is 2.53. The average molecular weight is 405 g/mol. The van der Waals surface area contributed by atoms with Crippen LogP contribution in [0.3, 0.4) is 0 Å². The highest BCUT2D eigenvalue weighted by Gasteiger charge is 2.31. The summed E-state index contributed by atoms with van der Waals surface area (Å²) in [6.07, 6.45) is 3.44. The summed E-state index contributed by atoms with van der Waals surface area (Å²) in [5.74, 6) is -0.880. The van der Waals surface area contributed by atoms with Gasteiger partial charge in [-0.05, 0) is 12.1 Å². The van der Waals surface area contributed by atoms with E-state index >= 15 is 0 Å². The van der Waals surface area contributed by atoms with Gasteiger partial charge in [-0.15, -0.1) is 0 Å². The summed E-state index contributed by atoms with van der Waals surface area (Å²) < 4.78 is 0. The number of hydrogen-bond donors (Lipinski definition) is 4. The van der Waals surface area contributed by atoms with Crippen molar-refractivity contribution in [3.63, 3.8) is 0 Å². The Morgan fingerprint density at radius 2 is 1.50 bits per heavy atom. The lowest BCUT2D eigenvalue weighted by atomic mass is 10.0. The van der Waals surface area contributed by atoms with Crippen molar-refractivity contribution in [1.82, 2.24) is 20.3 Å². The van der Waals surface area contributed by atoms with Crippen LogP contribution < -0.4 is 11.1 Å². The Balaban J connectivity index is 1.67. The molecule has 0 aliphatic rings. The number of aromatic nitrogens is 2. The molecule has 0 bridgehead atoms. The van der Waals surface area contributed by atoms with E-state index in [0.29, 0.717) is 11.1 Å². The van der Waals surface area contributed by atoms with Crippen LogP contribution in [0.15, 0.2) is 60.9 Å². The second-order valence-corrected chi connectivity index (χ2v) is 7.02. The maximum absolute atomic E-state index is 13.1. The summed E-state index contributed by atoms with van der Waals surface area (Å²) in [7, 11) is 2.89. The Morgan fingerprint density at radius 3 is 2.10 bits per heavy atom. The second kappa shape index (κ2) is 8.02. The molecule has 2 atom stereocenters. The monoisotopic (exact) mass is 405 g/mol. The zero-order chi connectivity index (χ0) is 21.3. The Morgan fingerprint density at radius 1 is 0.967 bits per heavy atom. The van der Waals surface area contributed by atoms with E-state index in [9.17, 15) is 9.59 Å². The summed E-state index contributed by atoms with van der Waals surface area (Å²) in [5, 5.41) is 5.60. The van der Waals surface area contributed by atoms with Crippen molar-refractivity contribution in [1.29, 1.82) is 0 Å². The first-order valence-corrected chi connectivity index (χ1v) is 9.51. The number of aromatic amines is 2. The molecule has 4 aromatic rings. The molecule has 0 spiro atoms. The lowest BCUT2D eigenvalue weighted by molar-refractivity contribution is -0.171. The van der Waals surface area contributed by atoms with Crippen LogP contribution in [0.25, 0.3) is 21.8 Å². The van der Waals surface area contributed by atoms with E-state index in [1.165, 1.54) is 14.2 Å². The van der Waals surface area contributed by atoms with Gasteiger partial charge >= 0.3 is 0 Å². The van der Waals surface area contributed by atoms with Crippen LogP contribution in [-0.4, -0.2) is 41.0 Å². The topological polar surface area (TPSA) is 116 Å². The number of hydroxylamine groups is 2. The molecular formula is C22H23N5O3. The smallest absolute Gasteiger partial charge is 0.273 e. The first-order valence-electron chi connectivity index (χ1n) is 9.51. The number of nitrogens with zero attached hydrogens (tertiary/aromatic N) is 1. The van der Waals surface area contributed by atoms with E-state index < -0.39 is 23.9 Å². The van der Waals surface area contributed by atoms with E-state index in [1.807, 2.05) is 48.5 Å². The summed E-state index contributed by atoms with van der Waals surface area (Å²) in [5.41, 5.74) is 9.32. The highest BCUT2D eigenvalue weighted by molar-refractivity contribution is 5.97. The molecule has 2 amide bonds. The third-order valence-electron chi connectivity index (χ3n) is 5.29. The molecule has 30 heavy (non-hydrogen) atoms. The molecule has 2 aromatic heterocycles. The van der Waals surface area contributed by atoms with Crippen LogP contribution in [0.1, 0.15) is 23.2 Å². The molecule has 8 nitrogen and oxygen atoms in total. The SMILES string of the molecule is CON(C)C(=O)C(NC(=O)C(N)c1c[nH]c2ccccc12)c1c[nH]c2ccccc12. The van der Waals surface area contributed by atoms with Crippen molar-refractivity contribution in [3.05, 3.63) is 72.1 Å². The van der Waals surface area contributed by atoms with E-state index in [1.54, 1.807) is 12.4 Å². The second-order valence-electron chi connectivity index (χ2n) is 7.02. The standard InChI is InChI=1S/C22H23N5O3/c1-27(30-2)22(29)20(16-12-25-18-10-6-4-8-14(16)18)26-21(28)19(23)15-11-24-17-9-5-3-7-13(15)17/h3-12,19-20,24-25H,23H2,1-2H3,(H,26,28). The molecule has 0 aliphatic carbocycles. The molecule has 0 fully saturated rings. The van der Waals surface area contributed by atoms with Crippen molar-refractivity contribution in [3.8, 4) is 0 Å². The quantitative estimate of drug-likeness (QED) is 0.369. The summed E-state index contributed by atoms with van der Waals surface area (Å²) in [4.78, 5) is 37.4.